The van der Waals surface area contributed by atoms with E-state index < -0.39 is 0 Å². The molecule has 0 aliphatic carbocycles. The monoisotopic (exact) mass is 1910 g/mol. The van der Waals surface area contributed by atoms with Gasteiger partial charge in [-0.05, 0) is 280 Å². The fraction of sp³-hybridized carbons (Fsp3) is 0. The van der Waals surface area contributed by atoms with Gasteiger partial charge in [-0.1, -0.05) is 285 Å². The molecule has 0 aliphatic heterocycles. The van der Waals surface area contributed by atoms with Crippen LogP contribution in [0.3, 0.4) is 0 Å². The fourth-order valence-electron chi connectivity index (χ4n) is 23.0. The zero-order valence-corrected chi connectivity index (χ0v) is 80.8. The molecule has 0 atom stereocenters. The predicted molar refractivity (Wildman–Crippen MR) is 615 cm³/mol. The SMILES string of the molecule is c1ccc(-c2ccc3c(c2)c2cc(-c4ccccc4)ccc2n3-c2cccc(-c3cccc(-c4cccc(-c5cccc(-n6c7ccc(-c8ccccc8)cc7c7cc(-c8ccc(-c9ccc%10c(c9)c9cc(-n%11c%12ccccc%12c%12ccccc%12%11)ccc9n%10-c9cccc(-c%10cccc(-c%11cccc(-c%12cccc(-n%13c%14ccccc%14c%14cc(-n%15c%16ccccc%16c%16ccccc%16%15)ccc%14%13)n%12)n%11)n%10)n9)cc8)ccc76)n5)n4)n3)n2)cc1. The van der Waals surface area contributed by atoms with Crippen molar-refractivity contribution in [3.63, 3.8) is 0 Å². The second-order valence-electron chi connectivity index (χ2n) is 38.5. The highest BCUT2D eigenvalue weighted by Crippen LogP contribution is 2.46. The maximum absolute atomic E-state index is 5.56. The number of pyridine rings is 8. The van der Waals surface area contributed by atoms with Crippen molar-refractivity contribution < 1.29 is 0 Å². The number of para-hydroxylation sites is 5. The summed E-state index contributed by atoms with van der Waals surface area (Å²) < 4.78 is 13.9. The third kappa shape index (κ3) is 14.2. The van der Waals surface area contributed by atoms with Crippen LogP contribution in [0, 0.1) is 0 Å². The number of aromatic nitrogens is 14. The number of fused-ring (bicyclic) bond motifs is 18. The molecule has 0 amide bonds. The van der Waals surface area contributed by atoms with E-state index in [0.29, 0.717) is 0 Å². The first-order valence-electron chi connectivity index (χ1n) is 50.7. The molecule has 0 saturated heterocycles. The van der Waals surface area contributed by atoms with Crippen LogP contribution in [0.25, 0.3) is 289 Å². The topological polar surface area (TPSA) is 133 Å². The van der Waals surface area contributed by atoms with Gasteiger partial charge < -0.3 is 9.13 Å². The van der Waals surface area contributed by atoms with E-state index in [1.807, 2.05) is 97.1 Å². The van der Waals surface area contributed by atoms with E-state index in [2.05, 4.69) is 440 Å². The molecule has 0 unspecified atom stereocenters. The highest BCUT2D eigenvalue weighted by molar-refractivity contribution is 6.17. The van der Waals surface area contributed by atoms with Gasteiger partial charge in [0.05, 0.1) is 135 Å². The van der Waals surface area contributed by atoms with Crippen molar-refractivity contribution in [3.8, 4) is 159 Å². The molecule has 0 N–H and O–H groups in total. The van der Waals surface area contributed by atoms with E-state index in [1.165, 1.54) is 43.7 Å². The van der Waals surface area contributed by atoms with E-state index in [9.17, 15) is 0 Å². The summed E-state index contributed by atoms with van der Waals surface area (Å²) in [6, 6.07) is 181. The van der Waals surface area contributed by atoms with Crippen molar-refractivity contribution in [1.82, 2.24) is 67.3 Å². The van der Waals surface area contributed by atoms with Gasteiger partial charge in [-0.15, -0.1) is 0 Å². The summed E-state index contributed by atoms with van der Waals surface area (Å²) in [5, 5.41) is 13.9. The lowest BCUT2D eigenvalue weighted by Gasteiger charge is -2.12. The maximum atomic E-state index is 5.56. The van der Waals surface area contributed by atoms with Gasteiger partial charge in [-0.2, -0.15) is 0 Å². The van der Waals surface area contributed by atoms with Crippen molar-refractivity contribution in [1.29, 1.82) is 0 Å². The molecule has 30 aromatic rings. The number of benzene rings is 16. The number of hydrogen-bond acceptors (Lipinski definition) is 8. The van der Waals surface area contributed by atoms with Crippen LogP contribution in [0.15, 0.2) is 510 Å². The van der Waals surface area contributed by atoms with Crippen molar-refractivity contribution in [2.75, 3.05) is 0 Å². The Morgan fingerprint density at radius 1 is 0.100 bits per heavy atom. The summed E-state index contributed by atoms with van der Waals surface area (Å²) in [7, 11) is 0. The summed E-state index contributed by atoms with van der Waals surface area (Å²) in [5.74, 6) is 3.14. The van der Waals surface area contributed by atoms with Crippen LogP contribution in [0.4, 0.5) is 0 Å². The zero-order valence-electron chi connectivity index (χ0n) is 80.8. The van der Waals surface area contributed by atoms with Crippen LogP contribution in [0.1, 0.15) is 0 Å². The Labute approximate surface area is 860 Å². The predicted octanol–water partition coefficient (Wildman–Crippen LogP) is 33.8. The van der Waals surface area contributed by atoms with Gasteiger partial charge in [0, 0.05) is 76.0 Å². The quantitative estimate of drug-likeness (QED) is 0.0880. The van der Waals surface area contributed by atoms with Crippen molar-refractivity contribution in [3.05, 3.63) is 510 Å². The average molecular weight is 1910 g/mol. The van der Waals surface area contributed by atoms with Crippen molar-refractivity contribution in [2.24, 2.45) is 0 Å². The second-order valence-corrected chi connectivity index (χ2v) is 38.5. The van der Waals surface area contributed by atoms with Gasteiger partial charge in [0.2, 0.25) is 0 Å². The van der Waals surface area contributed by atoms with Gasteiger partial charge in [0.15, 0.2) is 0 Å². The molecule has 150 heavy (non-hydrogen) atoms. The molecule has 0 aliphatic rings. The van der Waals surface area contributed by atoms with E-state index >= 15 is 0 Å². The van der Waals surface area contributed by atoms with Gasteiger partial charge in [-0.3, -0.25) is 18.3 Å². The smallest absolute Gasteiger partial charge is 0.138 e. The molecule has 16 aromatic carbocycles. The Bertz CT molecular complexity index is 10600. The highest BCUT2D eigenvalue weighted by atomic mass is 15.1. The van der Waals surface area contributed by atoms with Crippen LogP contribution in [-0.2, 0) is 0 Å². The Balaban J connectivity index is 0.467. The molecule has 0 bridgehead atoms. The van der Waals surface area contributed by atoms with Crippen LogP contribution < -0.4 is 0 Å². The lowest BCUT2D eigenvalue weighted by atomic mass is 9.97. The third-order valence-corrected chi connectivity index (χ3v) is 29.9. The van der Waals surface area contributed by atoms with E-state index in [1.54, 1.807) is 0 Å². The minimum atomic E-state index is 0.717. The lowest BCUT2D eigenvalue weighted by molar-refractivity contribution is 1.07. The Kier molecular flexibility index (Phi) is 19.7. The minimum absolute atomic E-state index is 0.717. The number of nitrogens with zero attached hydrogens (tertiary/aromatic N) is 14. The first-order valence-corrected chi connectivity index (χ1v) is 50.7. The Morgan fingerprint density at radius 3 is 0.513 bits per heavy atom. The maximum Gasteiger partial charge on any atom is 0.138 e. The molecule has 0 saturated carbocycles. The molecule has 0 radical (unpaired) electrons. The van der Waals surface area contributed by atoms with Crippen LogP contribution >= 0.6 is 0 Å². The van der Waals surface area contributed by atoms with E-state index in [4.69, 9.17) is 39.9 Å². The molecule has 14 heteroatoms. The van der Waals surface area contributed by atoms with Crippen LogP contribution in [-0.4, -0.2) is 67.3 Å². The first-order chi connectivity index (χ1) is 74.3. The molecule has 14 heterocycles. The second kappa shape index (κ2) is 34.7. The summed E-state index contributed by atoms with van der Waals surface area (Å²) >= 11 is 0. The molecule has 698 valence electrons. The van der Waals surface area contributed by atoms with E-state index in [0.717, 1.165) is 246 Å². The summed E-state index contributed by atoms with van der Waals surface area (Å²) in [4.78, 5) is 43.3. The molecular weight excluding hydrogens is 1830 g/mol. The van der Waals surface area contributed by atoms with Gasteiger partial charge >= 0.3 is 0 Å². The summed E-state index contributed by atoms with van der Waals surface area (Å²) in [6.45, 7) is 0. The molecule has 30 rings (SSSR count). The highest BCUT2D eigenvalue weighted by Gasteiger charge is 2.26. The molecular formula is C136H84N14. The first kappa shape index (κ1) is 85.1. The van der Waals surface area contributed by atoms with Crippen LogP contribution in [0.2, 0.25) is 0 Å². The normalized spacial score (nSPS) is 11.9. The molecule has 0 spiro atoms. The largest absolute Gasteiger partial charge is 0.309 e. The molecule has 14 aromatic heterocycles. The summed E-state index contributed by atoms with van der Waals surface area (Å²) in [5.41, 5.74) is 35.2. The molecule has 14 nitrogen and oxygen atoms in total. The van der Waals surface area contributed by atoms with Gasteiger partial charge in [-0.25, -0.2) is 39.9 Å². The lowest BCUT2D eigenvalue weighted by Crippen LogP contribution is -2.00. The zero-order chi connectivity index (χ0) is 98.5. The van der Waals surface area contributed by atoms with Gasteiger partial charge in [0.25, 0.3) is 0 Å². The minimum Gasteiger partial charge on any atom is -0.309 e. The Morgan fingerprint density at radius 2 is 0.267 bits per heavy atom. The van der Waals surface area contributed by atoms with Gasteiger partial charge in [0.1, 0.15) is 23.3 Å². The summed E-state index contributed by atoms with van der Waals surface area (Å²) in [6.07, 6.45) is 0. The van der Waals surface area contributed by atoms with Crippen LogP contribution in [0.5, 0.6) is 0 Å². The third-order valence-electron chi connectivity index (χ3n) is 29.9. The standard InChI is InChI=1S/C136H84N14/c1-4-28-85(29-5-1)90-64-71-126-102(78-90)103-79-91(86-30-6-2-7-31-86)65-72-127(103)148(126)134-57-25-48-118(142-134)114-44-21-40-111(138-114)112-41-22-45-115(139-112)119-49-26-58-135(143-119)149-128-73-66-92(87-32-8-3-9-33-87)80-104(128)105-81-93(67-74-129(105)149)88-60-62-89(63-61-88)94-68-75-130-106(82-94)108-84-96(146-123-53-17-12-36-99(123)100-37-13-18-54-124(100)146)70-77-132(108)150(130)136-59-27-50-120(144-136)116-46-23-42-110(140-116)109-39-20-43-113(137-109)117-47-24-56-133(141-117)147-125-55-19-14-38-101(125)107-83-95(69-76-131(107)147)145-121-51-15-10-34-97(121)98-35-11-16-52-122(98)145/h1-84H. The van der Waals surface area contributed by atoms with E-state index in [-0.39, 0.29) is 0 Å². The molecule has 0 fully saturated rings. The number of hydrogen-bond donors (Lipinski definition) is 0. The fourth-order valence-corrected chi connectivity index (χ4v) is 23.0. The number of rotatable bonds is 17. The van der Waals surface area contributed by atoms with Crippen molar-refractivity contribution >= 4 is 131 Å². The Hall–Kier alpha value is -20.5. The van der Waals surface area contributed by atoms with Crippen molar-refractivity contribution in [2.45, 2.75) is 0 Å². The average Bonchev–Trinajstić information content (AvgIpc) is 1.58.